The van der Waals surface area contributed by atoms with Crippen LogP contribution >= 0.6 is 12.4 Å². The molecule has 0 bridgehead atoms. The predicted octanol–water partition coefficient (Wildman–Crippen LogP) is 1.48. The van der Waals surface area contributed by atoms with Crippen LogP contribution in [0.25, 0.3) is 0 Å². The minimum absolute atomic E-state index is 0. The van der Waals surface area contributed by atoms with Crippen molar-refractivity contribution in [2.45, 2.75) is 6.92 Å². The second kappa shape index (κ2) is 3.40. The lowest BCUT2D eigenvalue weighted by Crippen LogP contribution is -2.29. The van der Waals surface area contributed by atoms with Crippen LogP contribution in [0.1, 0.15) is 6.92 Å². The maximum atomic E-state index is 4.23. The van der Waals surface area contributed by atoms with Crippen molar-refractivity contribution in [1.82, 2.24) is 10.4 Å². The highest BCUT2D eigenvalue weighted by Crippen LogP contribution is 2.22. The van der Waals surface area contributed by atoms with Crippen molar-refractivity contribution >= 4 is 29.7 Å². The van der Waals surface area contributed by atoms with E-state index < -0.39 is 0 Å². The van der Waals surface area contributed by atoms with Gasteiger partial charge in [0, 0.05) is 6.20 Å². The molecule has 1 aromatic rings. The molecule has 0 spiro atoms. The van der Waals surface area contributed by atoms with E-state index in [2.05, 4.69) is 20.8 Å². The molecule has 0 saturated heterocycles. The average Bonchev–Trinajstić information content (AvgIpc) is 2.04. The van der Waals surface area contributed by atoms with E-state index in [1.54, 1.807) is 6.20 Å². The molecule has 0 radical (unpaired) electrons. The number of aliphatic imine (C=N–C) groups is 1. The maximum absolute atomic E-state index is 4.23. The number of hydrogen-bond acceptors (Lipinski definition) is 4. The molecule has 12 heavy (non-hydrogen) atoms. The third kappa shape index (κ3) is 1.48. The van der Waals surface area contributed by atoms with Gasteiger partial charge in [-0.25, -0.2) is 9.98 Å². The number of nitrogens with one attached hydrogen (secondary N) is 2. The molecule has 5 heteroatoms. The van der Waals surface area contributed by atoms with E-state index in [0.717, 1.165) is 17.3 Å². The lowest BCUT2D eigenvalue weighted by atomic mass is 10.4. The summed E-state index contributed by atoms with van der Waals surface area (Å²) in [7, 11) is 0. The van der Waals surface area contributed by atoms with Crippen LogP contribution in [0.15, 0.2) is 23.3 Å². The van der Waals surface area contributed by atoms with Crippen molar-refractivity contribution in [2.75, 3.05) is 5.43 Å². The van der Waals surface area contributed by atoms with Crippen molar-refractivity contribution in [3.8, 4) is 0 Å². The van der Waals surface area contributed by atoms with Crippen LogP contribution in [0.3, 0.4) is 0 Å². The zero-order valence-corrected chi connectivity index (χ0v) is 7.35. The Hall–Kier alpha value is -1.29. The van der Waals surface area contributed by atoms with Crippen molar-refractivity contribution in [2.24, 2.45) is 4.99 Å². The largest absolute Gasteiger partial charge is 0.287 e. The van der Waals surface area contributed by atoms with Crippen LogP contribution in [0.2, 0.25) is 0 Å². The zero-order chi connectivity index (χ0) is 7.68. The van der Waals surface area contributed by atoms with Crippen molar-refractivity contribution in [3.63, 3.8) is 0 Å². The van der Waals surface area contributed by atoms with Crippen molar-refractivity contribution < 1.29 is 0 Å². The molecule has 0 atom stereocenters. The Kier molecular flexibility index (Phi) is 2.50. The zero-order valence-electron chi connectivity index (χ0n) is 6.53. The third-order valence-electron chi connectivity index (χ3n) is 1.44. The highest BCUT2D eigenvalue weighted by Gasteiger charge is 2.06. The van der Waals surface area contributed by atoms with Crippen LogP contribution in [-0.4, -0.2) is 10.8 Å². The summed E-state index contributed by atoms with van der Waals surface area (Å²) >= 11 is 0. The van der Waals surface area contributed by atoms with E-state index in [1.807, 2.05) is 19.1 Å². The molecule has 2 heterocycles. The molecule has 2 N–H and O–H groups in total. The number of hydrazine groups is 1. The Balaban J connectivity index is 0.000000720. The summed E-state index contributed by atoms with van der Waals surface area (Å²) in [6, 6.07) is 3.78. The van der Waals surface area contributed by atoms with Gasteiger partial charge in [0.1, 0.15) is 11.5 Å². The molecule has 2 rings (SSSR count). The fraction of sp³-hybridized carbons (Fsp3) is 0.143. The summed E-state index contributed by atoms with van der Waals surface area (Å²) < 4.78 is 0. The summed E-state index contributed by atoms with van der Waals surface area (Å²) in [5, 5.41) is 0. The molecule has 0 amide bonds. The van der Waals surface area contributed by atoms with Gasteiger partial charge in [0.2, 0.25) is 0 Å². The first-order valence-corrected chi connectivity index (χ1v) is 3.38. The normalized spacial score (nSPS) is 12.9. The van der Waals surface area contributed by atoms with Gasteiger partial charge in [0.25, 0.3) is 0 Å². The van der Waals surface area contributed by atoms with Gasteiger partial charge in [-0.3, -0.25) is 10.9 Å². The number of fused-ring (bicyclic) bond motifs is 1. The average molecular weight is 185 g/mol. The summed E-state index contributed by atoms with van der Waals surface area (Å²) in [6.45, 7) is 1.89. The van der Waals surface area contributed by atoms with E-state index in [0.29, 0.717) is 0 Å². The summed E-state index contributed by atoms with van der Waals surface area (Å²) in [4.78, 5) is 8.30. The van der Waals surface area contributed by atoms with E-state index in [9.17, 15) is 0 Å². The molecule has 0 aromatic carbocycles. The number of hydrogen-bond donors (Lipinski definition) is 2. The fourth-order valence-electron chi connectivity index (χ4n) is 0.942. The lowest BCUT2D eigenvalue weighted by molar-refractivity contribution is 1.04. The molecular formula is C7H9ClN4. The van der Waals surface area contributed by atoms with Crippen LogP contribution in [0.5, 0.6) is 0 Å². The molecule has 1 aromatic heterocycles. The number of amidine groups is 1. The summed E-state index contributed by atoms with van der Waals surface area (Å²) in [5.41, 5.74) is 6.67. The molecular weight excluding hydrogens is 176 g/mol. The van der Waals surface area contributed by atoms with E-state index in [1.165, 1.54) is 0 Å². The SMILES string of the molecule is CC1=Nc2cccnc2NN1.Cl. The molecule has 0 fully saturated rings. The summed E-state index contributed by atoms with van der Waals surface area (Å²) in [6.07, 6.45) is 1.73. The van der Waals surface area contributed by atoms with Crippen LogP contribution in [-0.2, 0) is 0 Å². The topological polar surface area (TPSA) is 49.3 Å². The highest BCUT2D eigenvalue weighted by molar-refractivity contribution is 5.88. The number of pyridine rings is 1. The number of halogens is 1. The lowest BCUT2D eigenvalue weighted by Gasteiger charge is -2.15. The van der Waals surface area contributed by atoms with Crippen LogP contribution in [0, 0.1) is 0 Å². The smallest absolute Gasteiger partial charge is 0.170 e. The molecule has 0 aliphatic carbocycles. The number of rotatable bonds is 0. The van der Waals surface area contributed by atoms with E-state index in [4.69, 9.17) is 0 Å². The van der Waals surface area contributed by atoms with E-state index >= 15 is 0 Å². The monoisotopic (exact) mass is 184 g/mol. The second-order valence-electron chi connectivity index (χ2n) is 2.32. The Morgan fingerprint density at radius 3 is 3.00 bits per heavy atom. The fourth-order valence-corrected chi connectivity index (χ4v) is 0.942. The molecule has 0 saturated carbocycles. The minimum Gasteiger partial charge on any atom is -0.287 e. The van der Waals surface area contributed by atoms with Gasteiger partial charge in [-0.1, -0.05) is 0 Å². The Labute approximate surface area is 76.5 Å². The van der Waals surface area contributed by atoms with Gasteiger partial charge in [-0.05, 0) is 19.1 Å². The number of aromatic nitrogens is 1. The van der Waals surface area contributed by atoms with Gasteiger partial charge < -0.3 is 0 Å². The molecule has 1 aliphatic rings. The molecule has 4 nitrogen and oxygen atoms in total. The van der Waals surface area contributed by atoms with Crippen LogP contribution in [0.4, 0.5) is 11.5 Å². The predicted molar refractivity (Wildman–Crippen MR) is 51.0 cm³/mol. The minimum atomic E-state index is 0. The summed E-state index contributed by atoms with van der Waals surface area (Å²) in [5.74, 6) is 1.63. The van der Waals surface area contributed by atoms with Gasteiger partial charge in [0.15, 0.2) is 5.82 Å². The highest BCUT2D eigenvalue weighted by atomic mass is 35.5. The number of anilines is 1. The van der Waals surface area contributed by atoms with Gasteiger partial charge in [-0.2, -0.15) is 0 Å². The first-order chi connectivity index (χ1) is 5.36. The maximum Gasteiger partial charge on any atom is 0.170 e. The quantitative estimate of drug-likeness (QED) is 0.642. The molecule has 0 unspecified atom stereocenters. The third-order valence-corrected chi connectivity index (χ3v) is 1.44. The van der Waals surface area contributed by atoms with Crippen LogP contribution < -0.4 is 10.9 Å². The Bertz CT molecular complexity index is 310. The first-order valence-electron chi connectivity index (χ1n) is 3.38. The standard InChI is InChI=1S/C7H8N4.ClH/c1-5-9-6-3-2-4-8-7(6)11-10-5;/h2-4H,1H3,(H,8,11)(H,9,10);1H. The molecule has 64 valence electrons. The van der Waals surface area contributed by atoms with Gasteiger partial charge >= 0.3 is 0 Å². The Morgan fingerprint density at radius 1 is 1.33 bits per heavy atom. The Morgan fingerprint density at radius 2 is 2.17 bits per heavy atom. The van der Waals surface area contributed by atoms with Crippen molar-refractivity contribution in [3.05, 3.63) is 18.3 Å². The molecule has 1 aliphatic heterocycles. The first kappa shape index (κ1) is 8.80. The number of nitrogens with zero attached hydrogens (tertiary/aromatic N) is 2. The van der Waals surface area contributed by atoms with Crippen molar-refractivity contribution in [1.29, 1.82) is 0 Å². The van der Waals surface area contributed by atoms with Gasteiger partial charge in [-0.15, -0.1) is 12.4 Å². The van der Waals surface area contributed by atoms with Gasteiger partial charge in [0.05, 0.1) is 0 Å². The van der Waals surface area contributed by atoms with E-state index in [-0.39, 0.29) is 12.4 Å². The second-order valence-corrected chi connectivity index (χ2v) is 2.32.